The van der Waals surface area contributed by atoms with Gasteiger partial charge in [0.2, 0.25) is 0 Å². The molecule has 1 aromatic carbocycles. The second kappa shape index (κ2) is 5.97. The molecule has 0 atom stereocenters. The van der Waals surface area contributed by atoms with E-state index in [9.17, 15) is 4.79 Å². The quantitative estimate of drug-likeness (QED) is 0.804. The number of nitrogens with one attached hydrogen (secondary N) is 1. The molecule has 1 amide bonds. The van der Waals surface area contributed by atoms with Gasteiger partial charge in [-0.15, -0.1) is 0 Å². The van der Waals surface area contributed by atoms with Crippen molar-refractivity contribution in [2.24, 2.45) is 0 Å². The van der Waals surface area contributed by atoms with E-state index in [1.54, 1.807) is 12.1 Å². The largest absolute Gasteiger partial charge is 0.487 e. The molecule has 5 nitrogen and oxygen atoms in total. The molecule has 0 heterocycles. The third kappa shape index (κ3) is 3.43. The van der Waals surface area contributed by atoms with E-state index in [0.29, 0.717) is 11.5 Å². The first-order valence-electron chi connectivity index (χ1n) is 4.91. The lowest BCUT2D eigenvalue weighted by Gasteiger charge is -2.11. The van der Waals surface area contributed by atoms with Crippen molar-refractivity contribution >= 4 is 6.09 Å². The maximum absolute atomic E-state index is 11.1. The first-order valence-corrected chi connectivity index (χ1v) is 4.91. The molecule has 0 spiro atoms. The van der Waals surface area contributed by atoms with Crippen LogP contribution in [0, 0.1) is 6.92 Å². The number of ether oxygens (including phenoxy) is 2. The molecule has 0 unspecified atom stereocenters. The van der Waals surface area contributed by atoms with Gasteiger partial charge in [0.05, 0.1) is 6.61 Å². The summed E-state index contributed by atoms with van der Waals surface area (Å²) in [5, 5.41) is 11.0. The summed E-state index contributed by atoms with van der Waals surface area (Å²) in [7, 11) is 1.48. The van der Waals surface area contributed by atoms with Gasteiger partial charge in [0.25, 0.3) is 0 Å². The highest BCUT2D eigenvalue weighted by Gasteiger charge is 2.09. The summed E-state index contributed by atoms with van der Waals surface area (Å²) in [6.07, 6.45) is -0.556. The van der Waals surface area contributed by atoms with Crippen molar-refractivity contribution in [2.45, 2.75) is 6.92 Å². The van der Waals surface area contributed by atoms with Crippen LogP contribution in [-0.4, -0.2) is 31.5 Å². The molecule has 0 radical (unpaired) electrons. The Kier molecular flexibility index (Phi) is 4.60. The van der Waals surface area contributed by atoms with Gasteiger partial charge in [0.1, 0.15) is 6.61 Å². The van der Waals surface area contributed by atoms with Crippen LogP contribution in [-0.2, 0) is 0 Å². The molecule has 0 saturated heterocycles. The van der Waals surface area contributed by atoms with Crippen molar-refractivity contribution in [2.75, 3.05) is 20.3 Å². The zero-order valence-corrected chi connectivity index (χ0v) is 9.32. The Labute approximate surface area is 94.0 Å². The molecule has 2 N–H and O–H groups in total. The second-order valence-electron chi connectivity index (χ2n) is 3.16. The van der Waals surface area contributed by atoms with Crippen molar-refractivity contribution in [1.82, 2.24) is 5.32 Å². The molecule has 0 saturated carbocycles. The zero-order valence-electron chi connectivity index (χ0n) is 9.32. The normalized spacial score (nSPS) is 9.69. The van der Waals surface area contributed by atoms with E-state index in [2.05, 4.69) is 5.32 Å². The molecule has 0 aliphatic rings. The maximum atomic E-state index is 11.1. The SMILES string of the molecule is CNC(=O)Oc1cc(C)ccc1OCCO. The summed E-state index contributed by atoms with van der Waals surface area (Å²) in [4.78, 5) is 11.1. The molecular formula is C11H15NO4. The third-order valence-electron chi connectivity index (χ3n) is 1.85. The fraction of sp³-hybridized carbons (Fsp3) is 0.364. The molecule has 0 aliphatic carbocycles. The Morgan fingerprint density at radius 3 is 2.81 bits per heavy atom. The number of hydrogen-bond donors (Lipinski definition) is 2. The lowest BCUT2D eigenvalue weighted by Crippen LogP contribution is -2.22. The summed E-state index contributed by atoms with van der Waals surface area (Å²) >= 11 is 0. The lowest BCUT2D eigenvalue weighted by molar-refractivity contribution is 0.187. The van der Waals surface area contributed by atoms with Crippen LogP contribution in [0.1, 0.15) is 5.56 Å². The molecule has 0 bridgehead atoms. The van der Waals surface area contributed by atoms with Crippen LogP contribution in [0.4, 0.5) is 4.79 Å². The molecule has 16 heavy (non-hydrogen) atoms. The van der Waals surface area contributed by atoms with Crippen LogP contribution in [0.2, 0.25) is 0 Å². The summed E-state index contributed by atoms with van der Waals surface area (Å²) in [5.74, 6) is 0.774. The number of benzene rings is 1. The van der Waals surface area contributed by atoms with E-state index in [-0.39, 0.29) is 13.2 Å². The number of carbonyl (C=O) groups excluding carboxylic acids is 1. The molecule has 5 heteroatoms. The maximum Gasteiger partial charge on any atom is 0.412 e. The van der Waals surface area contributed by atoms with Gasteiger partial charge in [0.15, 0.2) is 11.5 Å². The molecule has 88 valence electrons. The van der Waals surface area contributed by atoms with Crippen molar-refractivity contribution in [3.05, 3.63) is 23.8 Å². The fourth-order valence-corrected chi connectivity index (χ4v) is 1.12. The Morgan fingerprint density at radius 2 is 2.19 bits per heavy atom. The summed E-state index contributed by atoms with van der Waals surface area (Å²) in [5.41, 5.74) is 0.954. The summed E-state index contributed by atoms with van der Waals surface area (Å²) < 4.78 is 10.2. The van der Waals surface area contributed by atoms with Gasteiger partial charge in [-0.05, 0) is 24.6 Å². The molecule has 0 aromatic heterocycles. The average molecular weight is 225 g/mol. The number of aryl methyl sites for hydroxylation is 1. The topological polar surface area (TPSA) is 67.8 Å². The number of aliphatic hydroxyl groups excluding tert-OH is 1. The highest BCUT2D eigenvalue weighted by Crippen LogP contribution is 2.28. The molecular weight excluding hydrogens is 210 g/mol. The van der Waals surface area contributed by atoms with Gasteiger partial charge in [-0.3, -0.25) is 0 Å². The average Bonchev–Trinajstić information content (AvgIpc) is 2.28. The van der Waals surface area contributed by atoms with Gasteiger partial charge in [-0.1, -0.05) is 6.07 Å². The van der Waals surface area contributed by atoms with Crippen molar-refractivity contribution in [3.63, 3.8) is 0 Å². The van der Waals surface area contributed by atoms with Crippen LogP contribution < -0.4 is 14.8 Å². The first kappa shape index (κ1) is 12.3. The van der Waals surface area contributed by atoms with E-state index in [0.717, 1.165) is 5.56 Å². The monoisotopic (exact) mass is 225 g/mol. The molecule has 1 rings (SSSR count). The Hall–Kier alpha value is -1.75. The van der Waals surface area contributed by atoms with E-state index < -0.39 is 6.09 Å². The number of rotatable bonds is 4. The zero-order chi connectivity index (χ0) is 12.0. The van der Waals surface area contributed by atoms with E-state index in [1.165, 1.54) is 7.05 Å². The minimum absolute atomic E-state index is 0.0900. The van der Waals surface area contributed by atoms with E-state index >= 15 is 0 Å². The first-order chi connectivity index (χ1) is 7.67. The van der Waals surface area contributed by atoms with Gasteiger partial charge >= 0.3 is 6.09 Å². The Bertz CT molecular complexity index is 365. The van der Waals surface area contributed by atoms with Gasteiger partial charge < -0.3 is 19.9 Å². The predicted molar refractivity (Wildman–Crippen MR) is 58.8 cm³/mol. The lowest BCUT2D eigenvalue weighted by atomic mass is 10.2. The van der Waals surface area contributed by atoms with Crippen LogP contribution in [0.15, 0.2) is 18.2 Å². The number of amides is 1. The predicted octanol–water partition coefficient (Wildman–Crippen LogP) is 1.08. The van der Waals surface area contributed by atoms with Gasteiger partial charge in [0, 0.05) is 7.05 Å². The van der Waals surface area contributed by atoms with E-state index in [4.69, 9.17) is 14.6 Å². The smallest absolute Gasteiger partial charge is 0.412 e. The molecule has 0 aliphatic heterocycles. The summed E-state index contributed by atoms with van der Waals surface area (Å²) in [6.45, 7) is 1.95. The molecule has 1 aromatic rings. The van der Waals surface area contributed by atoms with Crippen LogP contribution in [0.25, 0.3) is 0 Å². The minimum atomic E-state index is -0.556. The minimum Gasteiger partial charge on any atom is -0.487 e. The third-order valence-corrected chi connectivity index (χ3v) is 1.85. The summed E-state index contributed by atoms with van der Waals surface area (Å²) in [6, 6.07) is 5.23. The number of hydrogen-bond acceptors (Lipinski definition) is 4. The Morgan fingerprint density at radius 1 is 1.44 bits per heavy atom. The van der Waals surface area contributed by atoms with Gasteiger partial charge in [-0.25, -0.2) is 4.79 Å². The highest BCUT2D eigenvalue weighted by atomic mass is 16.6. The fourth-order valence-electron chi connectivity index (χ4n) is 1.12. The highest BCUT2D eigenvalue weighted by molar-refractivity contribution is 5.71. The standard InChI is InChI=1S/C11H15NO4/c1-8-3-4-9(15-6-5-13)10(7-8)16-11(14)12-2/h3-4,7,13H,5-6H2,1-2H3,(H,12,14). The van der Waals surface area contributed by atoms with Gasteiger partial charge in [-0.2, -0.15) is 0 Å². The number of carbonyl (C=O) groups is 1. The van der Waals surface area contributed by atoms with Crippen molar-refractivity contribution in [3.8, 4) is 11.5 Å². The second-order valence-corrected chi connectivity index (χ2v) is 3.16. The van der Waals surface area contributed by atoms with E-state index in [1.807, 2.05) is 13.0 Å². The van der Waals surface area contributed by atoms with Crippen LogP contribution >= 0.6 is 0 Å². The van der Waals surface area contributed by atoms with Crippen molar-refractivity contribution < 1.29 is 19.4 Å². The number of aliphatic hydroxyl groups is 1. The Balaban J connectivity index is 2.84. The molecule has 0 fully saturated rings. The van der Waals surface area contributed by atoms with Crippen molar-refractivity contribution in [1.29, 1.82) is 0 Å². The van der Waals surface area contributed by atoms with Crippen LogP contribution in [0.5, 0.6) is 11.5 Å². The van der Waals surface area contributed by atoms with Crippen LogP contribution in [0.3, 0.4) is 0 Å².